The van der Waals surface area contributed by atoms with E-state index in [1.54, 1.807) is 36.5 Å². The van der Waals surface area contributed by atoms with E-state index >= 15 is 0 Å². The summed E-state index contributed by atoms with van der Waals surface area (Å²) in [5, 5.41) is 10.0. The third-order valence-corrected chi connectivity index (χ3v) is 3.27. The predicted octanol–water partition coefficient (Wildman–Crippen LogP) is 3.39. The molecule has 2 aromatic heterocycles. The average Bonchev–Trinajstić information content (AvgIpc) is 2.54. The number of benzene rings is 1. The maximum Gasteiger partial charge on any atom is 0.336 e. The van der Waals surface area contributed by atoms with Gasteiger partial charge in [0.1, 0.15) is 0 Å². The van der Waals surface area contributed by atoms with Gasteiger partial charge >= 0.3 is 5.97 Å². The van der Waals surface area contributed by atoms with Gasteiger partial charge in [0.25, 0.3) is 0 Å². The molecule has 0 aliphatic carbocycles. The van der Waals surface area contributed by atoms with Crippen molar-refractivity contribution in [3.8, 4) is 17.1 Å². The van der Waals surface area contributed by atoms with E-state index in [-0.39, 0.29) is 5.56 Å². The lowest BCUT2D eigenvalue weighted by Gasteiger charge is -2.07. The predicted molar refractivity (Wildman–Crippen MR) is 83.1 cm³/mol. The average molecular weight is 294 g/mol. The van der Waals surface area contributed by atoms with Crippen LogP contribution in [0.5, 0.6) is 5.88 Å². The van der Waals surface area contributed by atoms with Crippen LogP contribution < -0.4 is 4.74 Å². The Bertz CT molecular complexity index is 829. The molecule has 1 N–H and O–H groups in total. The summed E-state index contributed by atoms with van der Waals surface area (Å²) in [5.74, 6) is -0.441. The summed E-state index contributed by atoms with van der Waals surface area (Å²) in [6.07, 6.45) is 1.63. The monoisotopic (exact) mass is 294 g/mol. The molecule has 0 radical (unpaired) electrons. The SMILES string of the molecule is CCOc1ccc(-c2cc(C(=O)O)c3ccccc3n2)cn1. The van der Waals surface area contributed by atoms with Gasteiger partial charge in [-0.3, -0.25) is 0 Å². The molecule has 2 heterocycles. The van der Waals surface area contributed by atoms with E-state index in [9.17, 15) is 9.90 Å². The number of aromatic carboxylic acids is 1. The number of aromatic nitrogens is 2. The lowest BCUT2D eigenvalue weighted by molar-refractivity contribution is 0.0699. The van der Waals surface area contributed by atoms with Gasteiger partial charge in [-0.05, 0) is 25.1 Å². The number of nitrogens with zero attached hydrogens (tertiary/aromatic N) is 2. The first-order valence-corrected chi connectivity index (χ1v) is 6.91. The number of hydrogen-bond acceptors (Lipinski definition) is 4. The number of fused-ring (bicyclic) bond motifs is 1. The number of carbonyl (C=O) groups is 1. The van der Waals surface area contributed by atoms with Gasteiger partial charge in [0.15, 0.2) is 0 Å². The Labute approximate surface area is 127 Å². The van der Waals surface area contributed by atoms with Gasteiger partial charge in [-0.1, -0.05) is 18.2 Å². The number of ether oxygens (including phenoxy) is 1. The molecule has 0 unspecified atom stereocenters. The Morgan fingerprint density at radius 3 is 2.73 bits per heavy atom. The van der Waals surface area contributed by atoms with Crippen molar-refractivity contribution < 1.29 is 14.6 Å². The molecule has 3 rings (SSSR count). The van der Waals surface area contributed by atoms with Crippen molar-refractivity contribution in [2.75, 3.05) is 6.61 Å². The summed E-state index contributed by atoms with van der Waals surface area (Å²) in [5.41, 5.74) is 2.20. The molecule has 22 heavy (non-hydrogen) atoms. The first-order valence-electron chi connectivity index (χ1n) is 6.91. The van der Waals surface area contributed by atoms with Crippen molar-refractivity contribution in [3.05, 3.63) is 54.2 Å². The van der Waals surface area contributed by atoms with Crippen molar-refractivity contribution in [1.82, 2.24) is 9.97 Å². The molecule has 0 aliphatic heterocycles. The van der Waals surface area contributed by atoms with E-state index in [2.05, 4.69) is 9.97 Å². The van der Waals surface area contributed by atoms with Gasteiger partial charge in [-0.15, -0.1) is 0 Å². The Hall–Kier alpha value is -2.95. The van der Waals surface area contributed by atoms with Crippen molar-refractivity contribution in [2.45, 2.75) is 6.92 Å². The highest BCUT2D eigenvalue weighted by Gasteiger charge is 2.12. The fourth-order valence-electron chi connectivity index (χ4n) is 2.27. The summed E-state index contributed by atoms with van der Waals surface area (Å²) in [6, 6.07) is 12.3. The third-order valence-electron chi connectivity index (χ3n) is 3.27. The Kier molecular flexibility index (Phi) is 3.70. The molecule has 3 aromatic rings. The van der Waals surface area contributed by atoms with Crippen molar-refractivity contribution >= 4 is 16.9 Å². The summed E-state index contributed by atoms with van der Waals surface area (Å²) in [6.45, 7) is 2.43. The summed E-state index contributed by atoms with van der Waals surface area (Å²) in [4.78, 5) is 20.2. The van der Waals surface area contributed by atoms with Crippen LogP contribution in [-0.4, -0.2) is 27.7 Å². The zero-order chi connectivity index (χ0) is 15.5. The first-order chi connectivity index (χ1) is 10.7. The van der Waals surface area contributed by atoms with Gasteiger partial charge in [0, 0.05) is 23.2 Å². The van der Waals surface area contributed by atoms with Crippen LogP contribution in [0.15, 0.2) is 48.7 Å². The summed E-state index contributed by atoms with van der Waals surface area (Å²) >= 11 is 0. The third kappa shape index (κ3) is 2.61. The second-order valence-electron chi connectivity index (χ2n) is 4.70. The van der Waals surface area contributed by atoms with Gasteiger partial charge < -0.3 is 9.84 Å². The van der Waals surface area contributed by atoms with Crippen LogP contribution in [-0.2, 0) is 0 Å². The zero-order valence-corrected chi connectivity index (χ0v) is 12.0. The van der Waals surface area contributed by atoms with E-state index in [1.807, 2.05) is 19.1 Å². The van der Waals surface area contributed by atoms with Crippen LogP contribution in [0.4, 0.5) is 0 Å². The van der Waals surface area contributed by atoms with Crippen LogP contribution in [0.2, 0.25) is 0 Å². The standard InChI is InChI=1S/C17H14N2O3/c1-2-22-16-8-7-11(10-18-16)15-9-13(17(20)21)12-5-3-4-6-14(12)19-15/h3-10H,2H2,1H3,(H,20,21). The highest BCUT2D eigenvalue weighted by atomic mass is 16.5. The Morgan fingerprint density at radius 2 is 2.05 bits per heavy atom. The molecule has 5 heteroatoms. The van der Waals surface area contributed by atoms with Crippen LogP contribution in [0, 0.1) is 0 Å². The van der Waals surface area contributed by atoms with Gasteiger partial charge in [0.05, 0.1) is 23.4 Å². The topological polar surface area (TPSA) is 72.3 Å². The number of para-hydroxylation sites is 1. The zero-order valence-electron chi connectivity index (χ0n) is 12.0. The van der Waals surface area contributed by atoms with Crippen molar-refractivity contribution in [3.63, 3.8) is 0 Å². The Morgan fingerprint density at radius 1 is 1.23 bits per heavy atom. The maximum atomic E-state index is 11.5. The molecule has 0 amide bonds. The minimum absolute atomic E-state index is 0.231. The second kappa shape index (κ2) is 5.81. The van der Waals surface area contributed by atoms with Crippen LogP contribution in [0.1, 0.15) is 17.3 Å². The molecule has 0 fully saturated rings. The lowest BCUT2D eigenvalue weighted by atomic mass is 10.1. The van der Waals surface area contributed by atoms with Gasteiger partial charge in [-0.2, -0.15) is 0 Å². The number of rotatable bonds is 4. The molecule has 5 nitrogen and oxygen atoms in total. The highest BCUT2D eigenvalue weighted by molar-refractivity contribution is 6.03. The van der Waals surface area contributed by atoms with E-state index in [4.69, 9.17) is 4.74 Å². The van der Waals surface area contributed by atoms with Crippen LogP contribution >= 0.6 is 0 Å². The Balaban J connectivity index is 2.12. The molecular formula is C17H14N2O3. The number of pyridine rings is 2. The van der Waals surface area contributed by atoms with E-state index < -0.39 is 5.97 Å². The smallest absolute Gasteiger partial charge is 0.336 e. The molecular weight excluding hydrogens is 280 g/mol. The number of carboxylic acids is 1. The summed E-state index contributed by atoms with van der Waals surface area (Å²) < 4.78 is 5.30. The fraction of sp³-hybridized carbons (Fsp3) is 0.118. The quantitative estimate of drug-likeness (QED) is 0.798. The molecule has 0 bridgehead atoms. The minimum atomic E-state index is -0.973. The van der Waals surface area contributed by atoms with E-state index in [1.165, 1.54) is 0 Å². The highest BCUT2D eigenvalue weighted by Crippen LogP contribution is 2.25. The van der Waals surface area contributed by atoms with E-state index in [0.29, 0.717) is 29.1 Å². The second-order valence-corrected chi connectivity index (χ2v) is 4.70. The molecule has 0 spiro atoms. The molecule has 0 saturated carbocycles. The summed E-state index contributed by atoms with van der Waals surface area (Å²) in [7, 11) is 0. The normalized spacial score (nSPS) is 10.6. The van der Waals surface area contributed by atoms with Gasteiger partial charge in [-0.25, -0.2) is 14.8 Å². The maximum absolute atomic E-state index is 11.5. The molecule has 0 aliphatic rings. The molecule has 110 valence electrons. The molecule has 1 aromatic carbocycles. The van der Waals surface area contributed by atoms with Crippen LogP contribution in [0.25, 0.3) is 22.2 Å². The lowest BCUT2D eigenvalue weighted by Crippen LogP contribution is -2.00. The van der Waals surface area contributed by atoms with Gasteiger partial charge in [0.2, 0.25) is 5.88 Å². The fourth-order valence-corrected chi connectivity index (χ4v) is 2.27. The molecule has 0 saturated heterocycles. The van der Waals surface area contributed by atoms with Crippen molar-refractivity contribution in [2.24, 2.45) is 0 Å². The van der Waals surface area contributed by atoms with Crippen molar-refractivity contribution in [1.29, 1.82) is 0 Å². The first kappa shape index (κ1) is 14.0. The number of carboxylic acid groups (broad SMARTS) is 1. The van der Waals surface area contributed by atoms with Crippen LogP contribution in [0.3, 0.4) is 0 Å². The molecule has 0 atom stereocenters. The number of hydrogen-bond donors (Lipinski definition) is 1. The largest absolute Gasteiger partial charge is 0.478 e. The minimum Gasteiger partial charge on any atom is -0.478 e. The van der Waals surface area contributed by atoms with E-state index in [0.717, 1.165) is 5.56 Å².